The first-order chi connectivity index (χ1) is 10.7. The van der Waals surface area contributed by atoms with Crippen molar-refractivity contribution in [3.63, 3.8) is 0 Å². The standard InChI is InChI=1S/C16H14N4O2/c1-22-15-9-11(7-8-17-15)13-10-14(21)20-16(19-13)18-12-5-3-2-4-6-12/h2-10H,1H3,(H2,18,19,20,21). The number of ether oxygens (including phenoxy) is 1. The van der Waals surface area contributed by atoms with Crippen molar-refractivity contribution >= 4 is 11.6 Å². The van der Waals surface area contributed by atoms with Crippen molar-refractivity contribution in [2.75, 3.05) is 12.4 Å². The minimum absolute atomic E-state index is 0.237. The lowest BCUT2D eigenvalue weighted by Gasteiger charge is -2.07. The summed E-state index contributed by atoms with van der Waals surface area (Å²) < 4.78 is 5.09. The van der Waals surface area contributed by atoms with Crippen LogP contribution < -0.4 is 15.6 Å². The van der Waals surface area contributed by atoms with Crippen molar-refractivity contribution in [2.24, 2.45) is 0 Å². The maximum Gasteiger partial charge on any atom is 0.252 e. The quantitative estimate of drug-likeness (QED) is 0.773. The summed E-state index contributed by atoms with van der Waals surface area (Å²) in [6, 6.07) is 14.4. The summed E-state index contributed by atoms with van der Waals surface area (Å²) >= 11 is 0. The molecule has 110 valence electrons. The Labute approximate surface area is 126 Å². The third kappa shape index (κ3) is 3.12. The van der Waals surface area contributed by atoms with Crippen LogP contribution >= 0.6 is 0 Å². The van der Waals surface area contributed by atoms with Crippen LogP contribution in [0.2, 0.25) is 0 Å². The zero-order valence-corrected chi connectivity index (χ0v) is 11.9. The van der Waals surface area contributed by atoms with E-state index in [0.29, 0.717) is 17.5 Å². The molecule has 0 aliphatic rings. The minimum atomic E-state index is -0.237. The van der Waals surface area contributed by atoms with Gasteiger partial charge in [0.2, 0.25) is 11.8 Å². The van der Waals surface area contributed by atoms with E-state index in [1.807, 2.05) is 30.3 Å². The van der Waals surface area contributed by atoms with E-state index in [4.69, 9.17) is 4.74 Å². The molecule has 0 atom stereocenters. The van der Waals surface area contributed by atoms with E-state index in [1.165, 1.54) is 6.07 Å². The molecular formula is C16H14N4O2. The number of hydrogen-bond donors (Lipinski definition) is 2. The van der Waals surface area contributed by atoms with Gasteiger partial charge in [-0.3, -0.25) is 9.78 Å². The zero-order valence-electron chi connectivity index (χ0n) is 11.9. The predicted molar refractivity (Wildman–Crippen MR) is 84.4 cm³/mol. The Hall–Kier alpha value is -3.15. The third-order valence-electron chi connectivity index (χ3n) is 3.02. The number of H-pyrrole nitrogens is 1. The summed E-state index contributed by atoms with van der Waals surface area (Å²) in [7, 11) is 1.54. The van der Waals surface area contributed by atoms with Gasteiger partial charge < -0.3 is 10.1 Å². The van der Waals surface area contributed by atoms with Crippen LogP contribution in [0, 0.1) is 0 Å². The highest BCUT2D eigenvalue weighted by atomic mass is 16.5. The smallest absolute Gasteiger partial charge is 0.252 e. The molecule has 0 saturated carbocycles. The molecule has 0 amide bonds. The molecule has 6 nitrogen and oxygen atoms in total. The number of aromatic nitrogens is 3. The minimum Gasteiger partial charge on any atom is -0.481 e. The van der Waals surface area contributed by atoms with E-state index >= 15 is 0 Å². The largest absolute Gasteiger partial charge is 0.481 e. The van der Waals surface area contributed by atoms with Gasteiger partial charge in [0, 0.05) is 29.6 Å². The Balaban J connectivity index is 1.97. The summed E-state index contributed by atoms with van der Waals surface area (Å²) in [5, 5.41) is 3.07. The van der Waals surface area contributed by atoms with Gasteiger partial charge in [0.15, 0.2) is 0 Å². The number of nitrogens with one attached hydrogen (secondary N) is 2. The van der Waals surface area contributed by atoms with Crippen molar-refractivity contribution in [3.8, 4) is 17.1 Å². The first-order valence-electron chi connectivity index (χ1n) is 6.68. The van der Waals surface area contributed by atoms with Crippen LogP contribution in [0.3, 0.4) is 0 Å². The van der Waals surface area contributed by atoms with E-state index in [-0.39, 0.29) is 5.56 Å². The molecule has 0 saturated heterocycles. The van der Waals surface area contributed by atoms with Gasteiger partial charge in [-0.2, -0.15) is 0 Å². The van der Waals surface area contributed by atoms with Crippen LogP contribution in [0.25, 0.3) is 11.3 Å². The molecule has 0 radical (unpaired) electrons. The van der Waals surface area contributed by atoms with Gasteiger partial charge in [-0.25, -0.2) is 9.97 Å². The maximum absolute atomic E-state index is 11.8. The molecule has 2 N–H and O–H groups in total. The second kappa shape index (κ2) is 6.09. The Morgan fingerprint density at radius 1 is 1.14 bits per heavy atom. The Morgan fingerprint density at radius 2 is 1.95 bits per heavy atom. The summed E-state index contributed by atoms with van der Waals surface area (Å²) in [6.45, 7) is 0. The van der Waals surface area contributed by atoms with Crippen molar-refractivity contribution in [1.82, 2.24) is 15.0 Å². The number of anilines is 2. The number of methoxy groups -OCH3 is 1. The molecule has 3 aromatic rings. The van der Waals surface area contributed by atoms with Crippen LogP contribution in [0.15, 0.2) is 59.5 Å². The third-order valence-corrected chi connectivity index (χ3v) is 3.02. The number of nitrogens with zero attached hydrogens (tertiary/aromatic N) is 2. The molecule has 0 fully saturated rings. The number of para-hydroxylation sites is 1. The van der Waals surface area contributed by atoms with Crippen molar-refractivity contribution < 1.29 is 4.74 Å². The number of pyridine rings is 1. The van der Waals surface area contributed by atoms with Crippen LogP contribution in [-0.2, 0) is 0 Å². The molecule has 6 heteroatoms. The lowest BCUT2D eigenvalue weighted by molar-refractivity contribution is 0.398. The number of aromatic amines is 1. The number of benzene rings is 1. The highest BCUT2D eigenvalue weighted by Crippen LogP contribution is 2.20. The van der Waals surface area contributed by atoms with Gasteiger partial charge in [-0.05, 0) is 18.2 Å². The zero-order chi connectivity index (χ0) is 15.4. The van der Waals surface area contributed by atoms with E-state index < -0.39 is 0 Å². The molecule has 0 unspecified atom stereocenters. The number of hydrogen-bond acceptors (Lipinski definition) is 5. The summed E-state index contributed by atoms with van der Waals surface area (Å²) in [5.41, 5.74) is 1.91. The van der Waals surface area contributed by atoms with Crippen molar-refractivity contribution in [1.29, 1.82) is 0 Å². The molecule has 2 heterocycles. The lowest BCUT2D eigenvalue weighted by Crippen LogP contribution is -2.10. The van der Waals surface area contributed by atoms with E-state index in [9.17, 15) is 4.79 Å². The molecule has 1 aromatic carbocycles. The maximum atomic E-state index is 11.8. The molecule has 2 aromatic heterocycles. The molecule has 0 spiro atoms. The fraction of sp³-hybridized carbons (Fsp3) is 0.0625. The monoisotopic (exact) mass is 294 g/mol. The van der Waals surface area contributed by atoms with E-state index in [2.05, 4.69) is 20.3 Å². The molecule has 3 rings (SSSR count). The Morgan fingerprint density at radius 3 is 2.73 bits per heavy atom. The molecule has 0 bridgehead atoms. The van der Waals surface area contributed by atoms with Gasteiger partial charge in [0.25, 0.3) is 5.56 Å². The van der Waals surface area contributed by atoms with Crippen LogP contribution in [0.4, 0.5) is 11.6 Å². The summed E-state index contributed by atoms with van der Waals surface area (Å²) in [5.74, 6) is 0.849. The topological polar surface area (TPSA) is 79.9 Å². The van der Waals surface area contributed by atoms with E-state index in [0.717, 1.165) is 11.3 Å². The predicted octanol–water partition coefficient (Wildman–Crippen LogP) is 2.58. The van der Waals surface area contributed by atoms with Gasteiger partial charge in [0.1, 0.15) is 0 Å². The molecular weight excluding hydrogens is 280 g/mol. The highest BCUT2D eigenvalue weighted by Gasteiger charge is 2.06. The Bertz CT molecular complexity index is 831. The van der Waals surface area contributed by atoms with Crippen LogP contribution in [-0.4, -0.2) is 22.1 Å². The normalized spacial score (nSPS) is 10.2. The average Bonchev–Trinajstić information content (AvgIpc) is 2.55. The van der Waals surface area contributed by atoms with Gasteiger partial charge >= 0.3 is 0 Å². The second-order valence-corrected chi connectivity index (χ2v) is 4.56. The Kier molecular flexibility index (Phi) is 3.82. The fourth-order valence-corrected chi connectivity index (χ4v) is 2.00. The second-order valence-electron chi connectivity index (χ2n) is 4.56. The first kappa shape index (κ1) is 13.8. The van der Waals surface area contributed by atoms with Gasteiger partial charge in [0.05, 0.1) is 12.8 Å². The molecule has 0 aliphatic carbocycles. The van der Waals surface area contributed by atoms with Crippen LogP contribution in [0.1, 0.15) is 0 Å². The number of rotatable bonds is 4. The van der Waals surface area contributed by atoms with Crippen molar-refractivity contribution in [3.05, 3.63) is 65.1 Å². The SMILES string of the molecule is COc1cc(-c2cc(=O)[nH]c(Nc3ccccc3)n2)ccn1. The van der Waals surface area contributed by atoms with Gasteiger partial charge in [-0.15, -0.1) is 0 Å². The van der Waals surface area contributed by atoms with Crippen molar-refractivity contribution in [2.45, 2.75) is 0 Å². The molecule has 0 aliphatic heterocycles. The first-order valence-corrected chi connectivity index (χ1v) is 6.68. The highest BCUT2D eigenvalue weighted by molar-refractivity contribution is 5.62. The van der Waals surface area contributed by atoms with Gasteiger partial charge in [-0.1, -0.05) is 18.2 Å². The fourth-order valence-electron chi connectivity index (χ4n) is 2.00. The average molecular weight is 294 g/mol. The summed E-state index contributed by atoms with van der Waals surface area (Å²) in [6.07, 6.45) is 1.61. The van der Waals surface area contributed by atoms with E-state index in [1.54, 1.807) is 25.4 Å². The summed E-state index contributed by atoms with van der Waals surface area (Å²) in [4.78, 5) is 23.0. The van der Waals surface area contributed by atoms with Crippen LogP contribution in [0.5, 0.6) is 5.88 Å². The lowest BCUT2D eigenvalue weighted by atomic mass is 10.2. The molecule has 22 heavy (non-hydrogen) atoms.